The first-order valence-electron chi connectivity index (χ1n) is 5.16. The Bertz CT molecular complexity index is 214. The topological polar surface area (TPSA) is 91.0 Å². The number of nitrogens with two attached hydrogens (primary N) is 1. The van der Waals surface area contributed by atoms with Crippen molar-refractivity contribution in [3.05, 3.63) is 0 Å². The average molecular weight is 235 g/mol. The monoisotopic (exact) mass is 235 g/mol. The molecule has 0 bridgehead atoms. The van der Waals surface area contributed by atoms with E-state index >= 15 is 0 Å². The second-order valence-corrected chi connectivity index (χ2v) is 3.92. The molecule has 2 atom stereocenters. The van der Waals surface area contributed by atoms with Crippen molar-refractivity contribution in [3.63, 3.8) is 0 Å². The lowest BCUT2D eigenvalue weighted by Gasteiger charge is -2.25. The fourth-order valence-electron chi connectivity index (χ4n) is 1.07. The minimum atomic E-state index is -1.26. The van der Waals surface area contributed by atoms with Gasteiger partial charge in [-0.1, -0.05) is 0 Å². The molecule has 0 fully saturated rings. The standard InChI is InChI=1S/C10H21NO5/c1-7(14-6-5-9(11)12)15-8(2)16-10(3,4)13/h7-8,13H,5-6H2,1-4H3,(H2,11,12). The van der Waals surface area contributed by atoms with Crippen LogP contribution in [0.4, 0.5) is 0 Å². The summed E-state index contributed by atoms with van der Waals surface area (Å²) in [6.07, 6.45) is -0.991. The van der Waals surface area contributed by atoms with Gasteiger partial charge in [0.05, 0.1) is 6.61 Å². The van der Waals surface area contributed by atoms with Crippen molar-refractivity contribution in [2.45, 2.75) is 52.5 Å². The molecule has 2 unspecified atom stereocenters. The second-order valence-electron chi connectivity index (χ2n) is 3.92. The van der Waals surface area contributed by atoms with Gasteiger partial charge < -0.3 is 25.1 Å². The van der Waals surface area contributed by atoms with Crippen LogP contribution in [0.5, 0.6) is 0 Å². The maximum Gasteiger partial charge on any atom is 0.219 e. The first kappa shape index (κ1) is 15.3. The predicted octanol–water partition coefficient (Wildman–Crippen LogP) is 0.332. The van der Waals surface area contributed by atoms with E-state index in [9.17, 15) is 9.90 Å². The summed E-state index contributed by atoms with van der Waals surface area (Å²) >= 11 is 0. The van der Waals surface area contributed by atoms with Gasteiger partial charge in [-0.05, 0) is 27.7 Å². The molecule has 6 heteroatoms. The van der Waals surface area contributed by atoms with Crippen molar-refractivity contribution in [2.75, 3.05) is 6.61 Å². The van der Waals surface area contributed by atoms with Crippen LogP contribution in [-0.4, -0.2) is 36.0 Å². The second kappa shape index (κ2) is 6.80. The van der Waals surface area contributed by atoms with E-state index in [1.54, 1.807) is 13.8 Å². The Hall–Kier alpha value is -0.690. The highest BCUT2D eigenvalue weighted by molar-refractivity contribution is 5.73. The zero-order valence-corrected chi connectivity index (χ0v) is 10.2. The number of primary amides is 1. The van der Waals surface area contributed by atoms with Crippen molar-refractivity contribution in [1.82, 2.24) is 0 Å². The van der Waals surface area contributed by atoms with Crippen molar-refractivity contribution in [3.8, 4) is 0 Å². The van der Waals surface area contributed by atoms with Crippen LogP contribution < -0.4 is 5.73 Å². The minimum absolute atomic E-state index is 0.147. The molecule has 0 heterocycles. The lowest BCUT2D eigenvalue weighted by Crippen LogP contribution is -2.32. The number of amides is 1. The lowest BCUT2D eigenvalue weighted by atomic mass is 10.4. The van der Waals surface area contributed by atoms with Crippen LogP contribution in [-0.2, 0) is 19.0 Å². The van der Waals surface area contributed by atoms with Gasteiger partial charge in [-0.25, -0.2) is 0 Å². The van der Waals surface area contributed by atoms with Gasteiger partial charge in [0.25, 0.3) is 0 Å². The number of hydrogen-bond acceptors (Lipinski definition) is 5. The van der Waals surface area contributed by atoms with Crippen LogP contribution in [0.3, 0.4) is 0 Å². The summed E-state index contributed by atoms with van der Waals surface area (Å²) in [5.41, 5.74) is 4.95. The molecule has 0 saturated heterocycles. The van der Waals surface area contributed by atoms with E-state index in [1.807, 2.05) is 0 Å². The third kappa shape index (κ3) is 9.85. The van der Waals surface area contributed by atoms with Gasteiger partial charge in [0, 0.05) is 6.42 Å². The number of rotatable bonds is 8. The number of carbonyl (C=O) groups is 1. The highest BCUT2D eigenvalue weighted by Crippen LogP contribution is 2.10. The van der Waals surface area contributed by atoms with E-state index in [1.165, 1.54) is 13.8 Å². The Balaban J connectivity index is 3.70. The molecule has 0 spiro atoms. The molecule has 0 radical (unpaired) electrons. The molecule has 0 saturated carbocycles. The largest absolute Gasteiger partial charge is 0.370 e. The van der Waals surface area contributed by atoms with Crippen molar-refractivity contribution in [1.29, 1.82) is 0 Å². The highest BCUT2D eigenvalue weighted by atomic mass is 16.8. The van der Waals surface area contributed by atoms with Gasteiger partial charge in [-0.2, -0.15) is 0 Å². The highest BCUT2D eigenvalue weighted by Gasteiger charge is 2.19. The number of ether oxygens (including phenoxy) is 3. The summed E-state index contributed by atoms with van der Waals surface area (Å²) in [5, 5.41) is 9.35. The third-order valence-corrected chi connectivity index (χ3v) is 1.54. The van der Waals surface area contributed by atoms with E-state index in [0.717, 1.165) is 0 Å². The number of carbonyl (C=O) groups excluding carboxylic acids is 1. The van der Waals surface area contributed by atoms with Gasteiger partial charge in [0.2, 0.25) is 5.91 Å². The summed E-state index contributed by atoms with van der Waals surface area (Å²) < 4.78 is 15.5. The molecule has 0 aromatic carbocycles. The molecular weight excluding hydrogens is 214 g/mol. The molecular formula is C10H21NO5. The zero-order chi connectivity index (χ0) is 12.8. The Kier molecular flexibility index (Phi) is 6.51. The van der Waals surface area contributed by atoms with Crippen LogP contribution in [0.25, 0.3) is 0 Å². The molecule has 6 nitrogen and oxygen atoms in total. The fraction of sp³-hybridized carbons (Fsp3) is 0.900. The Labute approximate surface area is 95.7 Å². The summed E-state index contributed by atoms with van der Waals surface area (Å²) in [5.74, 6) is -1.68. The maximum absolute atomic E-state index is 10.4. The lowest BCUT2D eigenvalue weighted by molar-refractivity contribution is -0.304. The number of hydrogen-bond donors (Lipinski definition) is 2. The normalized spacial score (nSPS) is 15.8. The maximum atomic E-state index is 10.4. The molecule has 1 amide bonds. The van der Waals surface area contributed by atoms with Gasteiger partial charge in [0.1, 0.15) is 0 Å². The molecule has 0 aliphatic rings. The molecule has 0 rings (SSSR count). The van der Waals surface area contributed by atoms with Crippen LogP contribution in [0, 0.1) is 0 Å². The molecule has 0 aromatic heterocycles. The van der Waals surface area contributed by atoms with Gasteiger partial charge in [0.15, 0.2) is 18.4 Å². The Morgan fingerprint density at radius 1 is 1.38 bits per heavy atom. The first-order chi connectivity index (χ1) is 7.20. The fourth-order valence-corrected chi connectivity index (χ4v) is 1.07. The van der Waals surface area contributed by atoms with Crippen molar-refractivity contribution >= 4 is 5.91 Å². The summed E-state index contributed by atoms with van der Waals surface area (Å²) in [6.45, 7) is 6.53. The molecule has 0 aliphatic heterocycles. The Morgan fingerprint density at radius 3 is 2.38 bits per heavy atom. The smallest absolute Gasteiger partial charge is 0.219 e. The van der Waals surface area contributed by atoms with Gasteiger partial charge >= 0.3 is 0 Å². The van der Waals surface area contributed by atoms with E-state index in [-0.39, 0.29) is 13.0 Å². The van der Waals surface area contributed by atoms with E-state index in [4.69, 9.17) is 19.9 Å². The van der Waals surface area contributed by atoms with Gasteiger partial charge in [-0.15, -0.1) is 0 Å². The SMILES string of the molecule is CC(OCCC(N)=O)OC(C)OC(C)(C)O. The predicted molar refractivity (Wildman–Crippen MR) is 57.2 cm³/mol. The van der Waals surface area contributed by atoms with Gasteiger partial charge in [-0.3, -0.25) is 4.79 Å². The molecule has 16 heavy (non-hydrogen) atoms. The minimum Gasteiger partial charge on any atom is -0.370 e. The summed E-state index contributed by atoms with van der Waals surface area (Å²) in [7, 11) is 0. The van der Waals surface area contributed by atoms with Crippen LogP contribution in [0.2, 0.25) is 0 Å². The van der Waals surface area contributed by atoms with E-state index in [2.05, 4.69) is 0 Å². The van der Waals surface area contributed by atoms with Crippen molar-refractivity contribution < 1.29 is 24.1 Å². The molecule has 0 aliphatic carbocycles. The molecule has 0 aromatic rings. The zero-order valence-electron chi connectivity index (χ0n) is 10.2. The van der Waals surface area contributed by atoms with E-state index < -0.39 is 24.3 Å². The summed E-state index contributed by atoms with van der Waals surface area (Å²) in [4.78, 5) is 10.4. The van der Waals surface area contributed by atoms with Crippen LogP contribution in [0.15, 0.2) is 0 Å². The molecule has 96 valence electrons. The average Bonchev–Trinajstić information content (AvgIpc) is 1.98. The van der Waals surface area contributed by atoms with Crippen LogP contribution in [0.1, 0.15) is 34.1 Å². The third-order valence-electron chi connectivity index (χ3n) is 1.54. The van der Waals surface area contributed by atoms with E-state index in [0.29, 0.717) is 0 Å². The van der Waals surface area contributed by atoms with Crippen LogP contribution >= 0.6 is 0 Å². The first-order valence-corrected chi connectivity index (χ1v) is 5.16. The summed E-state index contributed by atoms with van der Waals surface area (Å²) in [6, 6.07) is 0. The Morgan fingerprint density at radius 2 is 1.94 bits per heavy atom. The number of aliphatic hydroxyl groups is 1. The molecule has 3 N–H and O–H groups in total. The van der Waals surface area contributed by atoms with Crippen molar-refractivity contribution in [2.24, 2.45) is 5.73 Å². The quantitative estimate of drug-likeness (QED) is 0.592.